The highest BCUT2D eigenvalue weighted by Crippen LogP contribution is 2.03. The van der Waals surface area contributed by atoms with Crippen LogP contribution < -0.4 is 10.9 Å². The van der Waals surface area contributed by atoms with Crippen molar-refractivity contribution < 1.29 is 4.79 Å². The number of pyridine rings is 2. The van der Waals surface area contributed by atoms with E-state index in [1.807, 2.05) is 19.1 Å². The normalized spacial score (nSPS) is 10.1. The molecule has 0 aliphatic rings. The Bertz CT molecular complexity index is 619. The molecule has 0 bridgehead atoms. The van der Waals surface area contributed by atoms with Crippen molar-refractivity contribution in [3.8, 4) is 0 Å². The Morgan fingerprint density at radius 3 is 3.00 bits per heavy atom. The highest BCUT2D eigenvalue weighted by atomic mass is 16.2. The molecular formula is C13H13N3O2. The average molecular weight is 243 g/mol. The van der Waals surface area contributed by atoms with E-state index in [9.17, 15) is 9.59 Å². The zero-order chi connectivity index (χ0) is 13.0. The number of hydrogen-bond acceptors (Lipinski definition) is 3. The molecule has 5 heteroatoms. The zero-order valence-corrected chi connectivity index (χ0v) is 9.93. The van der Waals surface area contributed by atoms with Crippen LogP contribution in [-0.4, -0.2) is 15.9 Å². The maximum Gasteiger partial charge on any atom is 0.251 e. The van der Waals surface area contributed by atoms with Crippen LogP contribution in [0.5, 0.6) is 0 Å². The number of hydrogen-bond donors (Lipinski definition) is 2. The minimum atomic E-state index is -0.295. The van der Waals surface area contributed by atoms with Crippen LogP contribution in [0.3, 0.4) is 0 Å². The fourth-order valence-electron chi connectivity index (χ4n) is 1.56. The van der Waals surface area contributed by atoms with Gasteiger partial charge >= 0.3 is 0 Å². The number of H-pyrrole nitrogens is 1. The third kappa shape index (κ3) is 2.82. The molecule has 2 N–H and O–H groups in total. The second-order valence-electron chi connectivity index (χ2n) is 3.89. The molecule has 0 saturated carbocycles. The SMILES string of the molecule is Cc1cccnc1CNC(=O)c1cc[nH]c(=O)c1. The van der Waals surface area contributed by atoms with E-state index in [2.05, 4.69) is 15.3 Å². The van der Waals surface area contributed by atoms with Crippen molar-refractivity contribution in [2.75, 3.05) is 0 Å². The Morgan fingerprint density at radius 2 is 2.28 bits per heavy atom. The van der Waals surface area contributed by atoms with Crippen molar-refractivity contribution in [2.24, 2.45) is 0 Å². The summed E-state index contributed by atoms with van der Waals surface area (Å²) in [5.74, 6) is -0.286. The molecule has 0 saturated heterocycles. The Morgan fingerprint density at radius 1 is 1.44 bits per heavy atom. The van der Waals surface area contributed by atoms with Crippen LogP contribution in [0.2, 0.25) is 0 Å². The lowest BCUT2D eigenvalue weighted by Gasteiger charge is -2.06. The van der Waals surface area contributed by atoms with Gasteiger partial charge in [-0.2, -0.15) is 0 Å². The average Bonchev–Trinajstić information content (AvgIpc) is 2.37. The smallest absolute Gasteiger partial charge is 0.251 e. The number of rotatable bonds is 3. The third-order valence-electron chi connectivity index (χ3n) is 2.57. The summed E-state index contributed by atoms with van der Waals surface area (Å²) < 4.78 is 0. The maximum absolute atomic E-state index is 11.8. The fourth-order valence-corrected chi connectivity index (χ4v) is 1.56. The first-order valence-electron chi connectivity index (χ1n) is 5.54. The van der Waals surface area contributed by atoms with Gasteiger partial charge in [0.2, 0.25) is 5.56 Å². The van der Waals surface area contributed by atoms with Gasteiger partial charge in [-0.25, -0.2) is 0 Å². The summed E-state index contributed by atoms with van der Waals surface area (Å²) in [6, 6.07) is 6.60. The fraction of sp³-hybridized carbons (Fsp3) is 0.154. The zero-order valence-electron chi connectivity index (χ0n) is 9.93. The van der Waals surface area contributed by atoms with Gasteiger partial charge in [-0.15, -0.1) is 0 Å². The van der Waals surface area contributed by atoms with Crippen molar-refractivity contribution in [1.82, 2.24) is 15.3 Å². The molecule has 0 atom stereocenters. The molecule has 0 unspecified atom stereocenters. The van der Waals surface area contributed by atoms with Crippen molar-refractivity contribution in [2.45, 2.75) is 13.5 Å². The molecule has 0 spiro atoms. The third-order valence-corrected chi connectivity index (χ3v) is 2.57. The molecular weight excluding hydrogens is 230 g/mol. The van der Waals surface area contributed by atoms with Crippen LogP contribution in [0.25, 0.3) is 0 Å². The van der Waals surface area contributed by atoms with Gasteiger partial charge in [0.1, 0.15) is 0 Å². The number of nitrogens with zero attached hydrogens (tertiary/aromatic N) is 1. The van der Waals surface area contributed by atoms with Crippen LogP contribution in [0.1, 0.15) is 21.6 Å². The van der Waals surface area contributed by atoms with Gasteiger partial charge in [-0.1, -0.05) is 6.07 Å². The molecule has 1 amide bonds. The number of carbonyl (C=O) groups excluding carboxylic acids is 1. The van der Waals surface area contributed by atoms with E-state index in [0.29, 0.717) is 12.1 Å². The Labute approximate surface area is 104 Å². The summed E-state index contributed by atoms with van der Waals surface area (Å²) in [6.45, 7) is 2.28. The molecule has 18 heavy (non-hydrogen) atoms. The van der Waals surface area contributed by atoms with E-state index in [4.69, 9.17) is 0 Å². The monoisotopic (exact) mass is 243 g/mol. The number of nitrogens with one attached hydrogen (secondary N) is 2. The van der Waals surface area contributed by atoms with E-state index in [1.54, 1.807) is 12.3 Å². The molecule has 2 aromatic heterocycles. The standard InChI is InChI=1S/C13H13N3O2/c1-9-3-2-5-14-11(9)8-16-13(18)10-4-6-15-12(17)7-10/h2-7H,8H2,1H3,(H,15,17)(H,16,18). The Hall–Kier alpha value is -2.43. The van der Waals surface area contributed by atoms with Crippen molar-refractivity contribution in [1.29, 1.82) is 0 Å². The van der Waals surface area contributed by atoms with Crippen LogP contribution in [-0.2, 0) is 6.54 Å². The number of carbonyl (C=O) groups is 1. The molecule has 0 aliphatic carbocycles. The molecule has 5 nitrogen and oxygen atoms in total. The van der Waals surface area contributed by atoms with Crippen molar-refractivity contribution in [3.63, 3.8) is 0 Å². The number of aromatic amines is 1. The quantitative estimate of drug-likeness (QED) is 0.844. The molecule has 2 rings (SSSR count). The molecule has 0 fully saturated rings. The lowest BCUT2D eigenvalue weighted by molar-refractivity contribution is 0.0950. The van der Waals surface area contributed by atoms with Crippen LogP contribution in [0.4, 0.5) is 0 Å². The summed E-state index contributed by atoms with van der Waals surface area (Å²) in [5.41, 5.74) is 1.88. The second kappa shape index (κ2) is 5.27. The van der Waals surface area contributed by atoms with E-state index in [-0.39, 0.29) is 11.5 Å². The summed E-state index contributed by atoms with van der Waals surface area (Å²) in [5, 5.41) is 2.73. The minimum Gasteiger partial charge on any atom is -0.346 e. The number of aromatic nitrogens is 2. The van der Waals surface area contributed by atoms with E-state index in [0.717, 1.165) is 11.3 Å². The Kier molecular flexibility index (Phi) is 3.52. The van der Waals surface area contributed by atoms with E-state index < -0.39 is 0 Å². The minimum absolute atomic E-state index is 0.286. The first-order valence-corrected chi connectivity index (χ1v) is 5.54. The summed E-state index contributed by atoms with van der Waals surface area (Å²) >= 11 is 0. The first-order chi connectivity index (χ1) is 8.66. The lowest BCUT2D eigenvalue weighted by Crippen LogP contribution is -2.25. The van der Waals surface area contributed by atoms with E-state index >= 15 is 0 Å². The van der Waals surface area contributed by atoms with Crippen LogP contribution >= 0.6 is 0 Å². The largest absolute Gasteiger partial charge is 0.346 e. The number of aryl methyl sites for hydroxylation is 1. The predicted octanol–water partition coefficient (Wildman–Crippen LogP) is 1.01. The molecule has 2 aromatic rings. The molecule has 2 heterocycles. The van der Waals surface area contributed by atoms with Gasteiger partial charge in [-0.3, -0.25) is 14.6 Å². The predicted molar refractivity (Wildman–Crippen MR) is 67.2 cm³/mol. The van der Waals surface area contributed by atoms with Crippen molar-refractivity contribution >= 4 is 5.91 Å². The van der Waals surface area contributed by atoms with Crippen LogP contribution in [0, 0.1) is 6.92 Å². The first kappa shape index (κ1) is 12.0. The van der Waals surface area contributed by atoms with Gasteiger partial charge in [0, 0.05) is 24.0 Å². The van der Waals surface area contributed by atoms with Gasteiger partial charge in [0.15, 0.2) is 0 Å². The van der Waals surface area contributed by atoms with Gasteiger partial charge in [0.25, 0.3) is 5.91 Å². The highest BCUT2D eigenvalue weighted by molar-refractivity contribution is 5.93. The van der Waals surface area contributed by atoms with Crippen LogP contribution in [0.15, 0.2) is 41.5 Å². The maximum atomic E-state index is 11.8. The Balaban J connectivity index is 2.05. The number of amides is 1. The van der Waals surface area contributed by atoms with E-state index in [1.165, 1.54) is 12.3 Å². The molecule has 92 valence electrons. The second-order valence-corrected chi connectivity index (χ2v) is 3.89. The van der Waals surface area contributed by atoms with Gasteiger partial charge in [-0.05, 0) is 24.6 Å². The molecule has 0 aromatic carbocycles. The van der Waals surface area contributed by atoms with Gasteiger partial charge in [0.05, 0.1) is 12.2 Å². The summed E-state index contributed by atoms with van der Waals surface area (Å²) in [7, 11) is 0. The summed E-state index contributed by atoms with van der Waals surface area (Å²) in [6.07, 6.45) is 3.13. The highest BCUT2D eigenvalue weighted by Gasteiger charge is 2.06. The topological polar surface area (TPSA) is 74.8 Å². The van der Waals surface area contributed by atoms with Crippen molar-refractivity contribution in [3.05, 3.63) is 63.8 Å². The lowest BCUT2D eigenvalue weighted by atomic mass is 10.2. The molecule has 0 radical (unpaired) electrons. The molecule has 0 aliphatic heterocycles. The summed E-state index contributed by atoms with van der Waals surface area (Å²) in [4.78, 5) is 29.5. The van der Waals surface area contributed by atoms with Gasteiger partial charge < -0.3 is 10.3 Å².